The SMILES string of the molecule is [C-]#[N+]c1ccc(-c2ccccc2-c2cccc(-n3c4ccc(C#N)cc4c4ccc([N+]#[C-])cc43)c2)c(-n2c3ccccc3c3ccccc32)c1. The first-order valence-electron chi connectivity index (χ1n) is 16.2. The number of benzene rings is 7. The van der Waals surface area contributed by atoms with Crippen molar-refractivity contribution in [2.24, 2.45) is 0 Å². The summed E-state index contributed by atoms with van der Waals surface area (Å²) in [6, 6.07) is 53.5. The molecule has 0 saturated heterocycles. The van der Waals surface area contributed by atoms with Gasteiger partial charge in [0.2, 0.25) is 0 Å². The van der Waals surface area contributed by atoms with Crippen LogP contribution in [0, 0.1) is 24.5 Å². The Morgan fingerprint density at radius 1 is 0.460 bits per heavy atom. The summed E-state index contributed by atoms with van der Waals surface area (Å²) in [6.07, 6.45) is 0. The van der Waals surface area contributed by atoms with Crippen LogP contribution >= 0.6 is 0 Å². The zero-order chi connectivity index (χ0) is 33.8. The van der Waals surface area contributed by atoms with E-state index in [1.54, 1.807) is 0 Å². The predicted octanol–water partition coefficient (Wildman–Crippen LogP) is 12.2. The fourth-order valence-corrected chi connectivity index (χ4v) is 7.39. The Morgan fingerprint density at radius 3 is 1.84 bits per heavy atom. The van der Waals surface area contributed by atoms with E-state index in [-0.39, 0.29) is 0 Å². The molecule has 50 heavy (non-hydrogen) atoms. The molecule has 0 aliphatic rings. The Labute approximate surface area is 288 Å². The van der Waals surface area contributed by atoms with Crippen molar-refractivity contribution in [3.63, 3.8) is 0 Å². The van der Waals surface area contributed by atoms with Gasteiger partial charge >= 0.3 is 0 Å². The molecular weight excluding hydrogens is 611 g/mol. The molecule has 0 aliphatic carbocycles. The van der Waals surface area contributed by atoms with Gasteiger partial charge in [0.1, 0.15) is 0 Å². The average molecular weight is 636 g/mol. The molecule has 0 spiro atoms. The lowest BCUT2D eigenvalue weighted by molar-refractivity contribution is 1.18. The normalized spacial score (nSPS) is 11.1. The Hall–Kier alpha value is -7.39. The van der Waals surface area contributed by atoms with Gasteiger partial charge in [-0.3, -0.25) is 0 Å². The van der Waals surface area contributed by atoms with Gasteiger partial charge in [-0.15, -0.1) is 0 Å². The molecule has 5 nitrogen and oxygen atoms in total. The molecule has 9 rings (SSSR count). The summed E-state index contributed by atoms with van der Waals surface area (Å²) in [4.78, 5) is 7.54. The van der Waals surface area contributed by atoms with E-state index >= 15 is 0 Å². The minimum atomic E-state index is 0.559. The van der Waals surface area contributed by atoms with Crippen molar-refractivity contribution in [2.75, 3.05) is 0 Å². The minimum Gasteiger partial charge on any atom is -0.310 e. The van der Waals surface area contributed by atoms with Crippen molar-refractivity contribution in [3.05, 3.63) is 180 Å². The van der Waals surface area contributed by atoms with Gasteiger partial charge in [0, 0.05) is 44.0 Å². The van der Waals surface area contributed by atoms with E-state index in [9.17, 15) is 5.26 Å². The summed E-state index contributed by atoms with van der Waals surface area (Å²) in [5.41, 5.74) is 11.8. The summed E-state index contributed by atoms with van der Waals surface area (Å²) < 4.78 is 4.46. The quantitative estimate of drug-likeness (QED) is 0.177. The summed E-state index contributed by atoms with van der Waals surface area (Å²) in [6.45, 7) is 15.6. The van der Waals surface area contributed by atoms with Crippen molar-refractivity contribution in [2.45, 2.75) is 0 Å². The second-order valence-corrected chi connectivity index (χ2v) is 12.3. The predicted molar refractivity (Wildman–Crippen MR) is 203 cm³/mol. The highest BCUT2D eigenvalue weighted by Gasteiger charge is 2.19. The molecule has 0 saturated carbocycles. The molecule has 0 amide bonds. The van der Waals surface area contributed by atoms with Gasteiger partial charge in [-0.2, -0.15) is 5.26 Å². The van der Waals surface area contributed by atoms with Crippen LogP contribution in [-0.2, 0) is 0 Å². The smallest absolute Gasteiger partial charge is 0.189 e. The molecule has 2 aromatic heterocycles. The average Bonchev–Trinajstić information content (AvgIpc) is 3.69. The van der Waals surface area contributed by atoms with Gasteiger partial charge in [0.05, 0.1) is 41.3 Å². The maximum absolute atomic E-state index is 9.66. The molecule has 0 fully saturated rings. The van der Waals surface area contributed by atoms with E-state index < -0.39 is 0 Å². The highest BCUT2D eigenvalue weighted by atomic mass is 15.0. The second kappa shape index (κ2) is 11.4. The molecule has 5 heteroatoms. The van der Waals surface area contributed by atoms with Crippen molar-refractivity contribution in [1.29, 1.82) is 5.26 Å². The fraction of sp³-hybridized carbons (Fsp3) is 0. The first-order chi connectivity index (χ1) is 24.7. The number of para-hydroxylation sites is 2. The van der Waals surface area contributed by atoms with Crippen LogP contribution in [0.4, 0.5) is 11.4 Å². The van der Waals surface area contributed by atoms with E-state index in [2.05, 4.69) is 128 Å². The molecule has 230 valence electrons. The third-order valence-corrected chi connectivity index (χ3v) is 9.57. The van der Waals surface area contributed by atoms with Crippen LogP contribution in [-0.4, -0.2) is 9.13 Å². The van der Waals surface area contributed by atoms with Crippen LogP contribution in [0.2, 0.25) is 0 Å². The highest BCUT2D eigenvalue weighted by Crippen LogP contribution is 2.42. The number of hydrogen-bond acceptors (Lipinski definition) is 1. The maximum atomic E-state index is 9.66. The molecule has 0 atom stereocenters. The Bertz CT molecular complexity index is 2920. The Kier molecular flexibility index (Phi) is 6.56. The van der Waals surface area contributed by atoms with Gasteiger partial charge in [-0.25, -0.2) is 9.69 Å². The number of fused-ring (bicyclic) bond motifs is 6. The van der Waals surface area contributed by atoms with Gasteiger partial charge in [0.25, 0.3) is 0 Å². The van der Waals surface area contributed by atoms with Gasteiger partial charge < -0.3 is 9.13 Å². The first kappa shape index (κ1) is 28.8. The van der Waals surface area contributed by atoms with E-state index in [4.69, 9.17) is 13.1 Å². The molecule has 2 heterocycles. The molecule has 9 aromatic rings. The monoisotopic (exact) mass is 635 g/mol. The lowest BCUT2D eigenvalue weighted by Gasteiger charge is -2.18. The first-order valence-corrected chi connectivity index (χ1v) is 16.2. The third-order valence-electron chi connectivity index (χ3n) is 9.57. The van der Waals surface area contributed by atoms with Crippen LogP contribution in [0.25, 0.3) is 86.9 Å². The largest absolute Gasteiger partial charge is 0.310 e. The zero-order valence-electron chi connectivity index (χ0n) is 26.7. The Morgan fingerprint density at radius 2 is 1.10 bits per heavy atom. The molecule has 0 N–H and O–H groups in total. The van der Waals surface area contributed by atoms with Crippen LogP contribution in [0.3, 0.4) is 0 Å². The standard InChI is InChI=1S/C45H25N5/c1-47-31-20-22-39-40-24-29(28-46)18-23-43(40)49(44(39)26-31)33-11-9-10-30(25-33)34-12-3-4-13-35(34)38-21-19-32(48-2)27-45(38)50-41-16-7-5-14-36(41)37-15-6-8-17-42(37)50/h3-27H. The van der Waals surface area contributed by atoms with Crippen molar-refractivity contribution >= 4 is 55.0 Å². The number of hydrogen-bond donors (Lipinski definition) is 0. The van der Waals surface area contributed by atoms with Crippen molar-refractivity contribution < 1.29 is 0 Å². The van der Waals surface area contributed by atoms with Crippen LogP contribution in [0.15, 0.2) is 152 Å². The molecule has 0 radical (unpaired) electrons. The highest BCUT2D eigenvalue weighted by molar-refractivity contribution is 6.11. The van der Waals surface area contributed by atoms with Gasteiger partial charge in [0.15, 0.2) is 11.4 Å². The number of aromatic nitrogens is 2. The molecule has 0 bridgehead atoms. The van der Waals surface area contributed by atoms with Crippen molar-refractivity contribution in [3.8, 4) is 39.7 Å². The lowest BCUT2D eigenvalue weighted by atomic mass is 9.93. The van der Waals surface area contributed by atoms with Crippen LogP contribution in [0.5, 0.6) is 0 Å². The van der Waals surface area contributed by atoms with Crippen LogP contribution in [0.1, 0.15) is 5.56 Å². The zero-order valence-corrected chi connectivity index (χ0v) is 26.7. The molecule has 0 aliphatic heterocycles. The summed E-state index contributed by atoms with van der Waals surface area (Å²) >= 11 is 0. The van der Waals surface area contributed by atoms with E-state index in [0.29, 0.717) is 16.9 Å². The van der Waals surface area contributed by atoms with Gasteiger partial charge in [-0.05, 0) is 71.3 Å². The van der Waals surface area contributed by atoms with Crippen molar-refractivity contribution in [1.82, 2.24) is 9.13 Å². The number of nitriles is 1. The number of rotatable bonds is 4. The molecule has 0 unspecified atom stereocenters. The summed E-state index contributed by atoms with van der Waals surface area (Å²) in [7, 11) is 0. The second-order valence-electron chi connectivity index (χ2n) is 12.3. The molecular formula is C45H25N5. The minimum absolute atomic E-state index is 0.559. The topological polar surface area (TPSA) is 42.4 Å². The maximum Gasteiger partial charge on any atom is 0.189 e. The summed E-state index contributed by atoms with van der Waals surface area (Å²) in [5.74, 6) is 0. The van der Waals surface area contributed by atoms with Gasteiger partial charge in [-0.1, -0.05) is 97.1 Å². The third kappa shape index (κ3) is 4.38. The molecule has 7 aromatic carbocycles. The fourth-order valence-electron chi connectivity index (χ4n) is 7.39. The Balaban J connectivity index is 1.28. The number of nitrogens with zero attached hydrogens (tertiary/aromatic N) is 5. The van der Waals surface area contributed by atoms with E-state index in [1.807, 2.05) is 48.5 Å². The van der Waals surface area contributed by atoms with E-state index in [1.165, 1.54) is 0 Å². The van der Waals surface area contributed by atoms with E-state index in [0.717, 1.165) is 77.2 Å². The van der Waals surface area contributed by atoms with Crippen LogP contribution < -0.4 is 0 Å². The summed E-state index contributed by atoms with van der Waals surface area (Å²) in [5, 5.41) is 13.9. The lowest BCUT2D eigenvalue weighted by Crippen LogP contribution is -1.98.